The SMILES string of the molecule is CCCC1CNCCN1Cc1cc(C#N)n(C)c1C. The Morgan fingerprint density at radius 1 is 1.53 bits per heavy atom. The van der Waals surface area contributed by atoms with Crippen LogP contribution in [0.5, 0.6) is 0 Å². The Balaban J connectivity index is 2.13. The molecular formula is C15H24N4. The molecule has 4 nitrogen and oxygen atoms in total. The Labute approximate surface area is 116 Å². The molecule has 0 bridgehead atoms. The first-order valence-electron chi connectivity index (χ1n) is 7.17. The van der Waals surface area contributed by atoms with Crippen LogP contribution in [0.4, 0.5) is 0 Å². The molecule has 104 valence electrons. The Hall–Kier alpha value is -1.31. The van der Waals surface area contributed by atoms with Crippen molar-refractivity contribution in [3.8, 4) is 6.07 Å². The molecule has 1 N–H and O–H groups in total. The molecule has 1 atom stereocenters. The number of hydrogen-bond acceptors (Lipinski definition) is 3. The Morgan fingerprint density at radius 3 is 2.95 bits per heavy atom. The molecule has 0 amide bonds. The maximum atomic E-state index is 9.10. The fraction of sp³-hybridized carbons (Fsp3) is 0.667. The minimum absolute atomic E-state index is 0.629. The van der Waals surface area contributed by atoms with Gasteiger partial charge in [-0.05, 0) is 25.0 Å². The van der Waals surface area contributed by atoms with Gasteiger partial charge in [0.1, 0.15) is 11.8 Å². The van der Waals surface area contributed by atoms with Crippen molar-refractivity contribution >= 4 is 0 Å². The molecule has 1 unspecified atom stereocenters. The van der Waals surface area contributed by atoms with Crippen molar-refractivity contribution in [1.29, 1.82) is 5.26 Å². The number of nitrogens with one attached hydrogen (secondary N) is 1. The third-order valence-corrected chi connectivity index (χ3v) is 4.22. The van der Waals surface area contributed by atoms with Gasteiger partial charge in [-0.2, -0.15) is 5.26 Å². The summed E-state index contributed by atoms with van der Waals surface area (Å²) in [5.41, 5.74) is 3.27. The fourth-order valence-corrected chi connectivity index (χ4v) is 2.88. The highest BCUT2D eigenvalue weighted by Gasteiger charge is 2.22. The van der Waals surface area contributed by atoms with Crippen molar-refractivity contribution < 1.29 is 0 Å². The van der Waals surface area contributed by atoms with Crippen LogP contribution >= 0.6 is 0 Å². The average Bonchev–Trinajstić information content (AvgIpc) is 2.69. The van der Waals surface area contributed by atoms with Gasteiger partial charge in [0.05, 0.1) is 0 Å². The molecule has 0 aromatic carbocycles. The lowest BCUT2D eigenvalue weighted by Crippen LogP contribution is -2.50. The van der Waals surface area contributed by atoms with E-state index in [-0.39, 0.29) is 0 Å². The van der Waals surface area contributed by atoms with E-state index in [0.717, 1.165) is 31.9 Å². The van der Waals surface area contributed by atoms with Gasteiger partial charge in [-0.3, -0.25) is 4.90 Å². The van der Waals surface area contributed by atoms with Crippen LogP contribution < -0.4 is 5.32 Å². The number of rotatable bonds is 4. The molecule has 2 rings (SSSR count). The molecule has 0 aliphatic carbocycles. The van der Waals surface area contributed by atoms with Crippen LogP contribution in [0, 0.1) is 18.3 Å². The van der Waals surface area contributed by atoms with E-state index < -0.39 is 0 Å². The maximum absolute atomic E-state index is 9.10. The normalized spacial score (nSPS) is 20.4. The molecule has 0 spiro atoms. The average molecular weight is 260 g/mol. The van der Waals surface area contributed by atoms with Crippen LogP contribution in [0.3, 0.4) is 0 Å². The molecule has 0 radical (unpaired) electrons. The molecule has 1 saturated heterocycles. The minimum Gasteiger partial charge on any atom is -0.340 e. The second-order valence-corrected chi connectivity index (χ2v) is 5.43. The standard InChI is InChI=1S/C15H24N4/c1-4-5-14-10-17-6-7-19(14)11-13-8-15(9-16)18(3)12(13)2/h8,14,17H,4-7,10-11H2,1-3H3. The van der Waals surface area contributed by atoms with Crippen LogP contribution in [0.15, 0.2) is 6.07 Å². The Morgan fingerprint density at radius 2 is 2.32 bits per heavy atom. The Kier molecular flexibility index (Phi) is 4.62. The zero-order chi connectivity index (χ0) is 13.8. The van der Waals surface area contributed by atoms with Crippen molar-refractivity contribution in [2.24, 2.45) is 7.05 Å². The number of aromatic nitrogens is 1. The van der Waals surface area contributed by atoms with E-state index in [2.05, 4.69) is 30.1 Å². The minimum atomic E-state index is 0.629. The predicted molar refractivity (Wildman–Crippen MR) is 76.8 cm³/mol. The van der Waals surface area contributed by atoms with Gasteiger partial charge in [0.15, 0.2) is 0 Å². The topological polar surface area (TPSA) is 44.0 Å². The summed E-state index contributed by atoms with van der Waals surface area (Å²) in [6.07, 6.45) is 2.46. The number of nitrogens with zero attached hydrogens (tertiary/aromatic N) is 3. The van der Waals surface area contributed by atoms with Gasteiger partial charge in [0.2, 0.25) is 0 Å². The number of hydrogen-bond donors (Lipinski definition) is 1. The highest BCUT2D eigenvalue weighted by molar-refractivity contribution is 5.34. The van der Waals surface area contributed by atoms with Crippen molar-refractivity contribution in [2.45, 2.75) is 39.3 Å². The zero-order valence-electron chi connectivity index (χ0n) is 12.2. The number of piperazine rings is 1. The molecule has 1 aromatic rings. The maximum Gasteiger partial charge on any atom is 0.120 e. The van der Waals surface area contributed by atoms with E-state index in [9.17, 15) is 0 Å². The van der Waals surface area contributed by atoms with Gasteiger partial charge < -0.3 is 9.88 Å². The summed E-state index contributed by atoms with van der Waals surface area (Å²) in [5.74, 6) is 0. The first-order valence-corrected chi connectivity index (χ1v) is 7.17. The number of nitriles is 1. The summed E-state index contributed by atoms with van der Waals surface area (Å²) in [4.78, 5) is 2.56. The largest absolute Gasteiger partial charge is 0.340 e. The summed E-state index contributed by atoms with van der Waals surface area (Å²) in [6.45, 7) is 8.57. The third-order valence-electron chi connectivity index (χ3n) is 4.22. The molecule has 1 aliphatic heterocycles. The molecular weight excluding hydrogens is 236 g/mol. The Bertz CT molecular complexity index is 467. The molecule has 0 saturated carbocycles. The van der Waals surface area contributed by atoms with Crippen LogP contribution in [-0.4, -0.2) is 35.1 Å². The fourth-order valence-electron chi connectivity index (χ4n) is 2.88. The summed E-state index contributed by atoms with van der Waals surface area (Å²) in [6, 6.07) is 4.93. The van der Waals surface area contributed by atoms with E-state index >= 15 is 0 Å². The zero-order valence-corrected chi connectivity index (χ0v) is 12.2. The van der Waals surface area contributed by atoms with Gasteiger partial charge >= 0.3 is 0 Å². The van der Waals surface area contributed by atoms with Crippen molar-refractivity contribution in [3.63, 3.8) is 0 Å². The van der Waals surface area contributed by atoms with Crippen molar-refractivity contribution in [1.82, 2.24) is 14.8 Å². The lowest BCUT2D eigenvalue weighted by Gasteiger charge is -2.36. The molecule has 1 aromatic heterocycles. The van der Waals surface area contributed by atoms with Crippen LogP contribution in [-0.2, 0) is 13.6 Å². The van der Waals surface area contributed by atoms with Gasteiger partial charge in [0.25, 0.3) is 0 Å². The lowest BCUT2D eigenvalue weighted by atomic mass is 10.1. The van der Waals surface area contributed by atoms with Gasteiger partial charge in [-0.1, -0.05) is 13.3 Å². The van der Waals surface area contributed by atoms with E-state index in [1.807, 2.05) is 17.7 Å². The monoisotopic (exact) mass is 260 g/mol. The van der Waals surface area contributed by atoms with Gasteiger partial charge in [-0.25, -0.2) is 0 Å². The lowest BCUT2D eigenvalue weighted by molar-refractivity contribution is 0.144. The first-order chi connectivity index (χ1) is 9.17. The second kappa shape index (κ2) is 6.23. The summed E-state index contributed by atoms with van der Waals surface area (Å²) in [7, 11) is 1.97. The van der Waals surface area contributed by atoms with E-state index in [1.54, 1.807) is 0 Å². The quantitative estimate of drug-likeness (QED) is 0.897. The summed E-state index contributed by atoms with van der Waals surface area (Å²) < 4.78 is 1.99. The van der Waals surface area contributed by atoms with E-state index in [1.165, 1.54) is 24.1 Å². The van der Waals surface area contributed by atoms with E-state index in [0.29, 0.717) is 6.04 Å². The molecule has 2 heterocycles. The first kappa shape index (κ1) is 14.1. The molecule has 4 heteroatoms. The van der Waals surface area contributed by atoms with Crippen LogP contribution in [0.1, 0.15) is 36.7 Å². The highest BCUT2D eigenvalue weighted by Crippen LogP contribution is 2.19. The smallest absolute Gasteiger partial charge is 0.120 e. The van der Waals surface area contributed by atoms with Gasteiger partial charge in [0, 0.05) is 45.0 Å². The highest BCUT2D eigenvalue weighted by atomic mass is 15.2. The van der Waals surface area contributed by atoms with Crippen molar-refractivity contribution in [2.75, 3.05) is 19.6 Å². The van der Waals surface area contributed by atoms with Crippen LogP contribution in [0.2, 0.25) is 0 Å². The summed E-state index contributed by atoms with van der Waals surface area (Å²) >= 11 is 0. The molecule has 1 fully saturated rings. The second-order valence-electron chi connectivity index (χ2n) is 5.43. The summed E-state index contributed by atoms with van der Waals surface area (Å²) in [5, 5.41) is 12.6. The van der Waals surface area contributed by atoms with Crippen molar-refractivity contribution in [3.05, 3.63) is 23.0 Å². The van der Waals surface area contributed by atoms with Crippen LogP contribution in [0.25, 0.3) is 0 Å². The van der Waals surface area contributed by atoms with E-state index in [4.69, 9.17) is 5.26 Å². The molecule has 1 aliphatic rings. The third kappa shape index (κ3) is 2.99. The van der Waals surface area contributed by atoms with Gasteiger partial charge in [-0.15, -0.1) is 0 Å². The predicted octanol–water partition coefficient (Wildman–Crippen LogP) is 1.78. The molecule has 19 heavy (non-hydrogen) atoms.